The molecule has 12 heavy (non-hydrogen) atoms. The summed E-state index contributed by atoms with van der Waals surface area (Å²) < 4.78 is 13.0. The van der Waals surface area contributed by atoms with E-state index in [1.165, 1.54) is 0 Å². The van der Waals surface area contributed by atoms with Crippen LogP contribution in [0.3, 0.4) is 0 Å². The van der Waals surface area contributed by atoms with E-state index in [2.05, 4.69) is 0 Å². The normalized spacial score (nSPS) is 45.8. The molecule has 4 heteroatoms. The lowest BCUT2D eigenvalue weighted by molar-refractivity contribution is -0.219. The zero-order chi connectivity index (χ0) is 8.98. The Hall–Kier alpha value is -0.640. The number of halogens is 1. The van der Waals surface area contributed by atoms with Gasteiger partial charge in [0, 0.05) is 0 Å². The van der Waals surface area contributed by atoms with E-state index >= 15 is 0 Å². The minimum Gasteiger partial charge on any atom is -0.480 e. The number of hydrogen-bond donors (Lipinski definition) is 2. The van der Waals surface area contributed by atoms with E-state index in [0.717, 1.165) is 0 Å². The van der Waals surface area contributed by atoms with Crippen molar-refractivity contribution >= 4 is 5.97 Å². The lowest BCUT2D eigenvalue weighted by Crippen LogP contribution is -2.65. The number of aliphatic carboxylic acids is 1. The molecule has 0 saturated heterocycles. The third kappa shape index (κ3) is 0.941. The second kappa shape index (κ2) is 1.99. The van der Waals surface area contributed by atoms with Crippen molar-refractivity contribution < 1.29 is 14.3 Å². The van der Waals surface area contributed by atoms with E-state index in [4.69, 9.17) is 10.8 Å². The number of alkyl halides is 1. The molecule has 0 aromatic heterocycles. The molecule has 0 aliphatic heterocycles. The van der Waals surface area contributed by atoms with Gasteiger partial charge >= 0.3 is 5.97 Å². The van der Waals surface area contributed by atoms with Crippen molar-refractivity contribution in [2.45, 2.75) is 37.4 Å². The molecule has 3 N–H and O–H groups in total. The molecule has 1 unspecified atom stereocenters. The van der Waals surface area contributed by atoms with Gasteiger partial charge in [-0.1, -0.05) is 0 Å². The summed E-state index contributed by atoms with van der Waals surface area (Å²) in [6, 6.07) is -0.810. The number of nitrogens with two attached hydrogens (primary N) is 1. The van der Waals surface area contributed by atoms with Gasteiger partial charge in [-0.15, -0.1) is 0 Å². The first-order valence-electron chi connectivity index (χ1n) is 4.12. The molecule has 0 amide bonds. The lowest BCUT2D eigenvalue weighted by atomic mass is 9.41. The molecular formula is C8H12FNO2. The first-order valence-corrected chi connectivity index (χ1v) is 4.12. The predicted molar refractivity (Wildman–Crippen MR) is 40.4 cm³/mol. The van der Waals surface area contributed by atoms with Gasteiger partial charge in [0.05, 0.1) is 0 Å². The molecule has 0 heterocycles. The van der Waals surface area contributed by atoms with Crippen LogP contribution in [-0.2, 0) is 4.79 Å². The fraction of sp³-hybridized carbons (Fsp3) is 0.875. The molecule has 3 saturated carbocycles. The highest BCUT2D eigenvalue weighted by molar-refractivity contribution is 5.73. The van der Waals surface area contributed by atoms with Crippen LogP contribution in [0.15, 0.2) is 0 Å². The van der Waals surface area contributed by atoms with Crippen molar-refractivity contribution in [2.24, 2.45) is 11.1 Å². The van der Waals surface area contributed by atoms with Crippen molar-refractivity contribution in [1.29, 1.82) is 0 Å². The van der Waals surface area contributed by atoms with Crippen molar-refractivity contribution in [1.82, 2.24) is 0 Å². The number of carboxylic acid groups (broad SMARTS) is 1. The van der Waals surface area contributed by atoms with Gasteiger partial charge in [-0.25, -0.2) is 4.39 Å². The van der Waals surface area contributed by atoms with Crippen molar-refractivity contribution in [2.75, 3.05) is 0 Å². The van der Waals surface area contributed by atoms with Crippen LogP contribution >= 0.6 is 0 Å². The standard InChI is InChI=1S/C8H12FNO2/c9-8-2-7(3-8,4-8)1-5(10)6(11)12/h5H,1-4,10H2,(H,11,12). The number of carbonyl (C=O) groups is 1. The van der Waals surface area contributed by atoms with Crippen LogP contribution in [0.2, 0.25) is 0 Å². The van der Waals surface area contributed by atoms with Gasteiger partial charge in [0.2, 0.25) is 0 Å². The quantitative estimate of drug-likeness (QED) is 0.659. The summed E-state index contributed by atoms with van der Waals surface area (Å²) in [6.45, 7) is 0. The highest BCUT2D eigenvalue weighted by Crippen LogP contribution is 2.71. The van der Waals surface area contributed by atoms with Gasteiger partial charge in [-0.05, 0) is 31.1 Å². The average Bonchev–Trinajstić information content (AvgIpc) is 1.81. The van der Waals surface area contributed by atoms with Crippen molar-refractivity contribution in [3.63, 3.8) is 0 Å². The maximum Gasteiger partial charge on any atom is 0.320 e. The van der Waals surface area contributed by atoms with Crippen LogP contribution in [0.1, 0.15) is 25.7 Å². The fourth-order valence-corrected chi connectivity index (χ4v) is 2.63. The second-order valence-electron chi connectivity index (χ2n) is 4.33. The Balaban J connectivity index is 1.86. The molecule has 0 aromatic rings. The predicted octanol–water partition coefficient (Wildman–Crippen LogP) is 0.681. The third-order valence-electron chi connectivity index (χ3n) is 3.05. The third-order valence-corrected chi connectivity index (χ3v) is 3.05. The summed E-state index contributed by atoms with van der Waals surface area (Å²) in [5, 5.41) is 8.53. The zero-order valence-corrected chi connectivity index (χ0v) is 6.72. The molecule has 2 bridgehead atoms. The number of rotatable bonds is 3. The molecular weight excluding hydrogens is 161 g/mol. The molecule has 0 aromatic carbocycles. The van der Waals surface area contributed by atoms with E-state index in [0.29, 0.717) is 25.7 Å². The summed E-state index contributed by atoms with van der Waals surface area (Å²) in [6.07, 6.45) is 2.02. The Morgan fingerprint density at radius 1 is 1.58 bits per heavy atom. The molecule has 1 atom stereocenters. The Morgan fingerprint density at radius 2 is 2.08 bits per heavy atom. The Kier molecular flexibility index (Phi) is 1.32. The lowest BCUT2D eigenvalue weighted by Gasteiger charge is -2.66. The van der Waals surface area contributed by atoms with E-state index in [1.54, 1.807) is 0 Å². The molecule has 3 nitrogen and oxygen atoms in total. The number of carboxylic acids is 1. The highest BCUT2D eigenvalue weighted by atomic mass is 19.1. The Labute approximate surface area is 69.7 Å². The van der Waals surface area contributed by atoms with Crippen LogP contribution in [0, 0.1) is 5.41 Å². The molecule has 3 aliphatic rings. The van der Waals surface area contributed by atoms with E-state index in [9.17, 15) is 9.18 Å². The van der Waals surface area contributed by atoms with Crippen LogP contribution in [-0.4, -0.2) is 22.8 Å². The summed E-state index contributed by atoms with van der Waals surface area (Å²) in [5.74, 6) is -0.979. The zero-order valence-electron chi connectivity index (χ0n) is 6.72. The van der Waals surface area contributed by atoms with Gasteiger partial charge in [0.1, 0.15) is 11.7 Å². The van der Waals surface area contributed by atoms with Crippen LogP contribution in [0.4, 0.5) is 4.39 Å². The van der Waals surface area contributed by atoms with Crippen LogP contribution in [0.25, 0.3) is 0 Å². The average molecular weight is 173 g/mol. The van der Waals surface area contributed by atoms with Gasteiger partial charge in [0.15, 0.2) is 0 Å². The van der Waals surface area contributed by atoms with Gasteiger partial charge in [0.25, 0.3) is 0 Å². The topological polar surface area (TPSA) is 63.3 Å². The number of hydrogen-bond acceptors (Lipinski definition) is 2. The molecule has 68 valence electrons. The largest absolute Gasteiger partial charge is 0.480 e. The Morgan fingerprint density at radius 3 is 2.42 bits per heavy atom. The second-order valence-corrected chi connectivity index (χ2v) is 4.33. The molecule has 3 fully saturated rings. The van der Waals surface area contributed by atoms with Gasteiger partial charge in [-0.2, -0.15) is 0 Å². The van der Waals surface area contributed by atoms with E-state index < -0.39 is 17.7 Å². The summed E-state index contributed by atoms with van der Waals surface area (Å²) in [7, 11) is 0. The molecule has 3 aliphatic carbocycles. The monoisotopic (exact) mass is 173 g/mol. The summed E-state index contributed by atoms with van der Waals surface area (Å²) in [4.78, 5) is 10.4. The van der Waals surface area contributed by atoms with Gasteiger partial charge in [-0.3, -0.25) is 4.79 Å². The minimum absolute atomic E-state index is 0.0491. The van der Waals surface area contributed by atoms with E-state index in [1.807, 2.05) is 0 Å². The van der Waals surface area contributed by atoms with E-state index in [-0.39, 0.29) is 5.41 Å². The maximum atomic E-state index is 13.0. The van der Waals surface area contributed by atoms with Crippen LogP contribution in [0.5, 0.6) is 0 Å². The fourth-order valence-electron chi connectivity index (χ4n) is 2.63. The molecule has 3 rings (SSSR count). The summed E-state index contributed by atoms with van der Waals surface area (Å²) >= 11 is 0. The highest BCUT2D eigenvalue weighted by Gasteiger charge is 2.69. The van der Waals surface area contributed by atoms with Crippen molar-refractivity contribution in [3.8, 4) is 0 Å². The SMILES string of the molecule is NC(CC12CC(F)(C1)C2)C(=O)O. The van der Waals surface area contributed by atoms with Gasteiger partial charge < -0.3 is 10.8 Å². The molecule has 0 radical (unpaired) electrons. The smallest absolute Gasteiger partial charge is 0.320 e. The van der Waals surface area contributed by atoms with Crippen molar-refractivity contribution in [3.05, 3.63) is 0 Å². The first-order chi connectivity index (χ1) is 5.45. The summed E-state index contributed by atoms with van der Waals surface area (Å²) in [5.41, 5.74) is 4.36. The minimum atomic E-state index is -0.979. The van der Waals surface area contributed by atoms with Crippen LogP contribution < -0.4 is 5.73 Å². The molecule has 0 spiro atoms. The maximum absolute atomic E-state index is 13.0. The first kappa shape index (κ1) is 7.98. The Bertz CT molecular complexity index is 221.